The van der Waals surface area contributed by atoms with Crippen LogP contribution < -0.4 is 4.74 Å². The number of fused-ring (bicyclic) bond motifs is 1. The van der Waals surface area contributed by atoms with Gasteiger partial charge in [0, 0.05) is 11.8 Å². The number of ether oxygens (including phenoxy) is 1. The summed E-state index contributed by atoms with van der Waals surface area (Å²) in [5.74, 6) is 0.576. The number of hydrogen-bond acceptors (Lipinski definition) is 3. The molecule has 2 aromatic rings. The molecule has 0 saturated heterocycles. The highest BCUT2D eigenvalue weighted by atomic mass is 16.5. The third kappa shape index (κ3) is 4.61. The van der Waals surface area contributed by atoms with Gasteiger partial charge >= 0.3 is 0 Å². The number of carbonyl (C=O) groups is 1. The summed E-state index contributed by atoms with van der Waals surface area (Å²) in [6.45, 7) is 2.90. The SMILES string of the molecule is CCCCCCCOc1ccc(C(=O)N2C=Cc3ccccc3[C@@H]2C#N)cc1. The fraction of sp³-hybridized carbons (Fsp3) is 0.333. The van der Waals surface area contributed by atoms with E-state index in [9.17, 15) is 10.1 Å². The van der Waals surface area contributed by atoms with Crippen LogP contribution in [-0.2, 0) is 0 Å². The lowest BCUT2D eigenvalue weighted by atomic mass is 9.96. The monoisotopic (exact) mass is 374 g/mol. The molecule has 4 heteroatoms. The molecule has 144 valence electrons. The Morgan fingerprint density at radius 3 is 2.57 bits per heavy atom. The molecule has 1 aliphatic rings. The Kier molecular flexibility index (Phi) is 6.86. The van der Waals surface area contributed by atoms with E-state index in [4.69, 9.17) is 4.74 Å². The standard InChI is InChI=1S/C24H26N2O2/c1-2-3-4-5-8-17-28-21-13-11-20(12-14-21)24(27)26-16-15-19-9-6-7-10-22(19)23(26)18-25/h6-7,9-16,23H,2-5,8,17H2,1H3/t23-/m0/s1. The highest BCUT2D eigenvalue weighted by Gasteiger charge is 2.28. The molecule has 0 saturated carbocycles. The van der Waals surface area contributed by atoms with Gasteiger partial charge in [-0.2, -0.15) is 5.26 Å². The molecular formula is C24H26N2O2. The van der Waals surface area contributed by atoms with Crippen LogP contribution in [0.3, 0.4) is 0 Å². The smallest absolute Gasteiger partial charge is 0.259 e. The first-order valence-corrected chi connectivity index (χ1v) is 9.97. The van der Waals surface area contributed by atoms with Crippen molar-refractivity contribution >= 4 is 12.0 Å². The minimum absolute atomic E-state index is 0.191. The lowest BCUT2D eigenvalue weighted by molar-refractivity contribution is 0.0794. The van der Waals surface area contributed by atoms with Crippen molar-refractivity contribution in [3.05, 3.63) is 71.4 Å². The number of nitriles is 1. The van der Waals surface area contributed by atoms with Gasteiger partial charge in [0.1, 0.15) is 11.8 Å². The van der Waals surface area contributed by atoms with E-state index in [1.807, 2.05) is 42.5 Å². The van der Waals surface area contributed by atoms with E-state index in [0.29, 0.717) is 12.2 Å². The van der Waals surface area contributed by atoms with Gasteiger partial charge in [-0.1, -0.05) is 56.9 Å². The number of rotatable bonds is 8. The molecule has 28 heavy (non-hydrogen) atoms. The molecule has 1 atom stereocenters. The van der Waals surface area contributed by atoms with Gasteiger partial charge in [0.25, 0.3) is 5.91 Å². The molecule has 0 N–H and O–H groups in total. The highest BCUT2D eigenvalue weighted by Crippen LogP contribution is 2.31. The average Bonchev–Trinajstić information content (AvgIpc) is 2.75. The molecule has 1 heterocycles. The molecular weight excluding hydrogens is 348 g/mol. The summed E-state index contributed by atoms with van der Waals surface area (Å²) >= 11 is 0. The summed E-state index contributed by atoms with van der Waals surface area (Å²) in [4.78, 5) is 14.4. The van der Waals surface area contributed by atoms with Gasteiger partial charge in [-0.05, 0) is 47.9 Å². The van der Waals surface area contributed by atoms with Gasteiger partial charge in [0.05, 0.1) is 12.7 Å². The van der Waals surface area contributed by atoms with Crippen LogP contribution in [0, 0.1) is 11.3 Å². The average molecular weight is 374 g/mol. The molecule has 0 aliphatic carbocycles. The van der Waals surface area contributed by atoms with E-state index in [1.54, 1.807) is 18.3 Å². The third-order valence-electron chi connectivity index (χ3n) is 4.96. The summed E-state index contributed by atoms with van der Waals surface area (Å²) in [6.07, 6.45) is 9.55. The molecule has 3 rings (SSSR count). The summed E-state index contributed by atoms with van der Waals surface area (Å²) in [5, 5.41) is 9.62. The fourth-order valence-electron chi connectivity index (χ4n) is 3.36. The van der Waals surface area contributed by atoms with Gasteiger partial charge in [0.15, 0.2) is 0 Å². The Morgan fingerprint density at radius 1 is 1.07 bits per heavy atom. The summed E-state index contributed by atoms with van der Waals surface area (Å²) in [6, 6.07) is 16.5. The van der Waals surface area contributed by atoms with Crippen molar-refractivity contribution < 1.29 is 9.53 Å². The van der Waals surface area contributed by atoms with Crippen molar-refractivity contribution in [2.24, 2.45) is 0 Å². The number of benzene rings is 2. The van der Waals surface area contributed by atoms with Crippen LogP contribution >= 0.6 is 0 Å². The largest absolute Gasteiger partial charge is 0.494 e. The van der Waals surface area contributed by atoms with Crippen molar-refractivity contribution in [2.45, 2.75) is 45.1 Å². The maximum absolute atomic E-state index is 12.9. The van der Waals surface area contributed by atoms with Crippen molar-refractivity contribution in [3.8, 4) is 11.8 Å². The molecule has 0 radical (unpaired) electrons. The number of hydrogen-bond donors (Lipinski definition) is 0. The van der Waals surface area contributed by atoms with Gasteiger partial charge in [-0.3, -0.25) is 9.69 Å². The second-order valence-corrected chi connectivity index (χ2v) is 6.98. The predicted molar refractivity (Wildman–Crippen MR) is 111 cm³/mol. The van der Waals surface area contributed by atoms with Gasteiger partial charge in [-0.25, -0.2) is 0 Å². The molecule has 0 spiro atoms. The van der Waals surface area contributed by atoms with Crippen LogP contribution in [0.15, 0.2) is 54.7 Å². The predicted octanol–water partition coefficient (Wildman–Crippen LogP) is 5.73. The van der Waals surface area contributed by atoms with Crippen LogP contribution in [-0.4, -0.2) is 17.4 Å². The van der Waals surface area contributed by atoms with E-state index >= 15 is 0 Å². The zero-order valence-corrected chi connectivity index (χ0v) is 16.3. The van der Waals surface area contributed by atoms with Crippen LogP contribution in [0.4, 0.5) is 0 Å². The quantitative estimate of drug-likeness (QED) is 0.555. The van der Waals surface area contributed by atoms with E-state index in [0.717, 1.165) is 23.3 Å². The number of amides is 1. The Balaban J connectivity index is 1.61. The second kappa shape index (κ2) is 9.75. The second-order valence-electron chi connectivity index (χ2n) is 6.98. The summed E-state index contributed by atoms with van der Waals surface area (Å²) < 4.78 is 5.76. The topological polar surface area (TPSA) is 53.3 Å². The van der Waals surface area contributed by atoms with Crippen LogP contribution in [0.1, 0.15) is 66.6 Å². The maximum atomic E-state index is 12.9. The lowest BCUT2D eigenvalue weighted by Gasteiger charge is -2.28. The number of carbonyl (C=O) groups excluding carboxylic acids is 1. The number of nitrogens with zero attached hydrogens (tertiary/aromatic N) is 2. The Bertz CT molecular complexity index is 865. The highest BCUT2D eigenvalue weighted by molar-refractivity contribution is 5.96. The fourth-order valence-corrected chi connectivity index (χ4v) is 3.36. The molecule has 0 unspecified atom stereocenters. The normalized spacial score (nSPS) is 15.0. The first-order chi connectivity index (χ1) is 13.7. The van der Waals surface area contributed by atoms with Crippen molar-refractivity contribution in [1.29, 1.82) is 5.26 Å². The molecule has 1 aliphatic heterocycles. The maximum Gasteiger partial charge on any atom is 0.259 e. The Hall–Kier alpha value is -3.06. The van der Waals surface area contributed by atoms with Crippen molar-refractivity contribution in [3.63, 3.8) is 0 Å². The van der Waals surface area contributed by atoms with E-state index in [2.05, 4.69) is 13.0 Å². The molecule has 4 nitrogen and oxygen atoms in total. The zero-order valence-electron chi connectivity index (χ0n) is 16.3. The van der Waals surface area contributed by atoms with Gasteiger partial charge in [-0.15, -0.1) is 0 Å². The lowest BCUT2D eigenvalue weighted by Crippen LogP contribution is -2.31. The molecule has 2 aromatic carbocycles. The first kappa shape index (κ1) is 19.7. The Labute approximate surface area is 167 Å². The number of unbranched alkanes of at least 4 members (excludes halogenated alkanes) is 4. The van der Waals surface area contributed by atoms with E-state index in [-0.39, 0.29) is 5.91 Å². The summed E-state index contributed by atoms with van der Waals surface area (Å²) in [5.41, 5.74) is 2.37. The van der Waals surface area contributed by atoms with E-state index < -0.39 is 6.04 Å². The van der Waals surface area contributed by atoms with Crippen LogP contribution in [0.5, 0.6) is 5.75 Å². The minimum Gasteiger partial charge on any atom is -0.494 e. The molecule has 1 amide bonds. The Morgan fingerprint density at radius 2 is 1.82 bits per heavy atom. The zero-order chi connectivity index (χ0) is 19.8. The third-order valence-corrected chi connectivity index (χ3v) is 4.96. The molecule has 0 aromatic heterocycles. The van der Waals surface area contributed by atoms with Gasteiger partial charge in [0.2, 0.25) is 0 Å². The van der Waals surface area contributed by atoms with Crippen LogP contribution in [0.2, 0.25) is 0 Å². The van der Waals surface area contributed by atoms with Crippen LogP contribution in [0.25, 0.3) is 6.08 Å². The van der Waals surface area contributed by atoms with Gasteiger partial charge < -0.3 is 4.74 Å². The van der Waals surface area contributed by atoms with Crippen molar-refractivity contribution in [2.75, 3.05) is 6.61 Å². The van der Waals surface area contributed by atoms with Crippen molar-refractivity contribution in [1.82, 2.24) is 4.90 Å². The molecule has 0 bridgehead atoms. The van der Waals surface area contributed by atoms with E-state index in [1.165, 1.54) is 30.6 Å². The first-order valence-electron chi connectivity index (χ1n) is 9.97. The molecule has 0 fully saturated rings. The minimum atomic E-state index is -0.618. The summed E-state index contributed by atoms with van der Waals surface area (Å²) in [7, 11) is 0.